The molecular weight excluding hydrogens is 410 g/mol. The van der Waals surface area contributed by atoms with E-state index in [1.165, 1.54) is 0 Å². The standard InChI is InChI=1S/C24H43N3O5/c1-7-9-20(8-2)27(17-19-16-18(23(30)31)12-13-25-19)15-14-26(6)21(28)10-11-22(29)32-24(3,4)5/h16,18,20,25H,7-15,17H2,1-6H3,(H,30,31). The lowest BCUT2D eigenvalue weighted by Gasteiger charge is -2.34. The third kappa shape index (κ3) is 10.5. The molecule has 32 heavy (non-hydrogen) atoms. The number of amides is 1. The smallest absolute Gasteiger partial charge is 0.310 e. The monoisotopic (exact) mass is 453 g/mol. The van der Waals surface area contributed by atoms with E-state index in [1.807, 2.05) is 26.8 Å². The predicted octanol–water partition coefficient (Wildman–Crippen LogP) is 3.03. The van der Waals surface area contributed by atoms with Gasteiger partial charge in [0.2, 0.25) is 5.91 Å². The van der Waals surface area contributed by atoms with Crippen molar-refractivity contribution in [3.8, 4) is 0 Å². The number of likely N-dealkylation sites (N-methyl/N-ethyl adjacent to an activating group) is 1. The van der Waals surface area contributed by atoms with Crippen LogP contribution in [-0.4, -0.2) is 77.6 Å². The first-order valence-corrected chi connectivity index (χ1v) is 11.8. The summed E-state index contributed by atoms with van der Waals surface area (Å²) < 4.78 is 5.28. The van der Waals surface area contributed by atoms with Crippen LogP contribution in [0.25, 0.3) is 0 Å². The van der Waals surface area contributed by atoms with E-state index in [0.29, 0.717) is 38.6 Å². The molecule has 2 atom stereocenters. The molecule has 0 fully saturated rings. The van der Waals surface area contributed by atoms with Gasteiger partial charge in [0.1, 0.15) is 5.60 Å². The maximum Gasteiger partial charge on any atom is 0.310 e. The minimum Gasteiger partial charge on any atom is -0.481 e. The second-order valence-corrected chi connectivity index (χ2v) is 9.58. The van der Waals surface area contributed by atoms with E-state index in [-0.39, 0.29) is 24.7 Å². The van der Waals surface area contributed by atoms with Crippen LogP contribution in [0.4, 0.5) is 0 Å². The molecule has 0 radical (unpaired) electrons. The van der Waals surface area contributed by atoms with Gasteiger partial charge in [0.05, 0.1) is 12.3 Å². The zero-order chi connectivity index (χ0) is 24.3. The van der Waals surface area contributed by atoms with Crippen LogP contribution >= 0.6 is 0 Å². The van der Waals surface area contributed by atoms with Crippen molar-refractivity contribution in [3.05, 3.63) is 11.8 Å². The Bertz CT molecular complexity index is 657. The Labute approximate surface area is 193 Å². The number of carbonyl (C=O) groups is 3. The number of carboxylic acids is 1. The molecule has 1 rings (SSSR count). The Hall–Kier alpha value is -2.09. The molecule has 0 aromatic heterocycles. The average Bonchev–Trinajstić information content (AvgIpc) is 2.72. The van der Waals surface area contributed by atoms with E-state index in [9.17, 15) is 19.5 Å². The Kier molecular flexibility index (Phi) is 11.8. The van der Waals surface area contributed by atoms with E-state index in [0.717, 1.165) is 25.0 Å². The number of nitrogens with zero attached hydrogens (tertiary/aromatic N) is 2. The van der Waals surface area contributed by atoms with Gasteiger partial charge in [-0.3, -0.25) is 19.3 Å². The number of esters is 1. The third-order valence-corrected chi connectivity index (χ3v) is 5.62. The highest BCUT2D eigenvalue weighted by Gasteiger charge is 2.24. The summed E-state index contributed by atoms with van der Waals surface area (Å²) in [7, 11) is 1.76. The minimum atomic E-state index is -0.786. The van der Waals surface area contributed by atoms with E-state index >= 15 is 0 Å². The van der Waals surface area contributed by atoms with Crippen LogP contribution in [0, 0.1) is 5.92 Å². The van der Waals surface area contributed by atoms with Gasteiger partial charge in [-0.1, -0.05) is 20.3 Å². The number of ether oxygens (including phenoxy) is 1. The number of hydrogen-bond acceptors (Lipinski definition) is 6. The summed E-state index contributed by atoms with van der Waals surface area (Å²) in [5.41, 5.74) is 0.389. The highest BCUT2D eigenvalue weighted by Crippen LogP contribution is 2.17. The van der Waals surface area contributed by atoms with E-state index in [1.54, 1.807) is 11.9 Å². The lowest BCUT2D eigenvalue weighted by atomic mass is 10.00. The molecule has 0 aromatic rings. The van der Waals surface area contributed by atoms with Crippen LogP contribution in [-0.2, 0) is 19.1 Å². The van der Waals surface area contributed by atoms with Gasteiger partial charge < -0.3 is 20.1 Å². The van der Waals surface area contributed by atoms with Crippen molar-refractivity contribution in [2.75, 3.05) is 33.2 Å². The number of carboxylic acid groups (broad SMARTS) is 1. The Morgan fingerprint density at radius 3 is 2.47 bits per heavy atom. The van der Waals surface area contributed by atoms with Crippen LogP contribution < -0.4 is 5.32 Å². The topological polar surface area (TPSA) is 99.2 Å². The fraction of sp³-hybridized carbons (Fsp3) is 0.792. The molecule has 2 unspecified atom stereocenters. The van der Waals surface area contributed by atoms with E-state index < -0.39 is 17.5 Å². The fourth-order valence-electron chi connectivity index (χ4n) is 3.86. The number of rotatable bonds is 13. The lowest BCUT2D eigenvalue weighted by Crippen LogP contribution is -2.44. The molecule has 0 aromatic carbocycles. The van der Waals surface area contributed by atoms with Gasteiger partial charge in [0.25, 0.3) is 0 Å². The molecule has 184 valence electrons. The summed E-state index contributed by atoms with van der Waals surface area (Å²) in [4.78, 5) is 39.8. The third-order valence-electron chi connectivity index (χ3n) is 5.62. The van der Waals surface area contributed by atoms with Crippen molar-refractivity contribution in [3.63, 3.8) is 0 Å². The maximum atomic E-state index is 12.5. The molecule has 1 amide bonds. The minimum absolute atomic E-state index is 0.0744. The van der Waals surface area contributed by atoms with Crippen LogP contribution in [0.5, 0.6) is 0 Å². The van der Waals surface area contributed by atoms with E-state index in [4.69, 9.17) is 4.74 Å². The zero-order valence-electron chi connectivity index (χ0n) is 20.8. The molecular formula is C24H43N3O5. The summed E-state index contributed by atoms with van der Waals surface area (Å²) in [6.07, 6.45) is 5.72. The fourth-order valence-corrected chi connectivity index (χ4v) is 3.86. The average molecular weight is 454 g/mol. The molecule has 2 N–H and O–H groups in total. The second kappa shape index (κ2) is 13.5. The number of carbonyl (C=O) groups excluding carboxylic acids is 2. The molecule has 0 aliphatic carbocycles. The summed E-state index contributed by atoms with van der Waals surface area (Å²) in [6.45, 7) is 12.3. The molecule has 1 aliphatic heterocycles. The summed E-state index contributed by atoms with van der Waals surface area (Å²) in [6, 6.07) is 0.359. The first-order valence-electron chi connectivity index (χ1n) is 11.8. The van der Waals surface area contributed by atoms with Crippen molar-refractivity contribution in [1.29, 1.82) is 0 Å². The van der Waals surface area contributed by atoms with Crippen LogP contribution in [0.15, 0.2) is 11.8 Å². The van der Waals surface area contributed by atoms with Gasteiger partial charge in [-0.2, -0.15) is 0 Å². The first kappa shape index (κ1) is 27.9. The summed E-state index contributed by atoms with van der Waals surface area (Å²) in [5, 5.41) is 12.7. The Balaban J connectivity index is 2.70. The van der Waals surface area contributed by atoms with Gasteiger partial charge in [-0.05, 0) is 46.1 Å². The molecule has 1 heterocycles. The van der Waals surface area contributed by atoms with Gasteiger partial charge in [-0.15, -0.1) is 0 Å². The SMILES string of the molecule is CCCC(CC)N(CCN(C)C(=O)CCC(=O)OC(C)(C)C)CC1=CC(C(=O)O)CCN1. The molecule has 0 saturated heterocycles. The van der Waals surface area contributed by atoms with Gasteiger partial charge in [-0.25, -0.2) is 0 Å². The quantitative estimate of drug-likeness (QED) is 0.414. The largest absolute Gasteiger partial charge is 0.481 e. The first-order chi connectivity index (χ1) is 15.0. The second-order valence-electron chi connectivity index (χ2n) is 9.58. The number of aliphatic carboxylic acids is 1. The highest BCUT2D eigenvalue weighted by molar-refractivity contribution is 5.81. The van der Waals surface area contributed by atoms with Gasteiger partial charge >= 0.3 is 11.9 Å². The van der Waals surface area contributed by atoms with Crippen molar-refractivity contribution in [2.24, 2.45) is 5.92 Å². The lowest BCUT2D eigenvalue weighted by molar-refractivity contribution is -0.156. The molecule has 1 aliphatic rings. The number of nitrogens with one attached hydrogen (secondary N) is 1. The van der Waals surface area contributed by atoms with Gasteiger partial charge in [0, 0.05) is 51.4 Å². The van der Waals surface area contributed by atoms with Crippen LogP contribution in [0.2, 0.25) is 0 Å². The van der Waals surface area contributed by atoms with Crippen LogP contribution in [0.1, 0.15) is 73.1 Å². The predicted molar refractivity (Wildman–Crippen MR) is 125 cm³/mol. The highest BCUT2D eigenvalue weighted by atomic mass is 16.6. The Morgan fingerprint density at radius 2 is 1.91 bits per heavy atom. The van der Waals surface area contributed by atoms with Crippen molar-refractivity contribution in [2.45, 2.75) is 84.8 Å². The maximum absolute atomic E-state index is 12.5. The van der Waals surface area contributed by atoms with E-state index in [2.05, 4.69) is 24.1 Å². The van der Waals surface area contributed by atoms with Crippen molar-refractivity contribution < 1.29 is 24.2 Å². The molecule has 0 spiro atoms. The molecule has 8 nitrogen and oxygen atoms in total. The zero-order valence-corrected chi connectivity index (χ0v) is 20.8. The van der Waals surface area contributed by atoms with Crippen molar-refractivity contribution in [1.82, 2.24) is 15.1 Å². The molecule has 0 bridgehead atoms. The van der Waals surface area contributed by atoms with Crippen molar-refractivity contribution >= 4 is 17.8 Å². The normalized spacial score (nSPS) is 17.3. The van der Waals surface area contributed by atoms with Crippen LogP contribution in [0.3, 0.4) is 0 Å². The Morgan fingerprint density at radius 1 is 1.22 bits per heavy atom. The summed E-state index contributed by atoms with van der Waals surface area (Å²) >= 11 is 0. The summed E-state index contributed by atoms with van der Waals surface area (Å²) in [5.74, 6) is -1.68. The molecule has 8 heteroatoms. The number of hydrogen-bond donors (Lipinski definition) is 2. The molecule has 0 saturated carbocycles. The van der Waals surface area contributed by atoms with Gasteiger partial charge in [0.15, 0.2) is 0 Å².